The number of carbonyl (C=O) groups is 1. The Hall–Kier alpha value is -2.61. The standard InChI is InChI=1S/C18H18BrN5O2/c19-15-14-16(20)21-7-9-24(14)17(22-15)13-6-8-23(10-13)18(25)26-11-12-4-2-1-3-5-12/h1-5,7,9,13H,6,8,10-11H2,(H2,20,21)/t13-/m1/s1. The van der Waals surface area contributed by atoms with Crippen molar-refractivity contribution in [3.8, 4) is 0 Å². The van der Waals surface area contributed by atoms with Crippen molar-refractivity contribution in [1.29, 1.82) is 0 Å². The third kappa shape index (κ3) is 3.12. The number of imidazole rings is 1. The summed E-state index contributed by atoms with van der Waals surface area (Å²) in [7, 11) is 0. The fraction of sp³-hybridized carbons (Fsp3) is 0.278. The van der Waals surface area contributed by atoms with Gasteiger partial charge in [0.25, 0.3) is 0 Å². The van der Waals surface area contributed by atoms with Crippen molar-refractivity contribution in [2.45, 2.75) is 18.9 Å². The number of hydrogen-bond donors (Lipinski definition) is 1. The van der Waals surface area contributed by atoms with Crippen molar-refractivity contribution in [2.24, 2.45) is 0 Å². The molecule has 1 amide bonds. The Morgan fingerprint density at radius 3 is 2.96 bits per heavy atom. The number of nitrogens with two attached hydrogens (primary N) is 1. The number of hydrogen-bond acceptors (Lipinski definition) is 5. The number of benzene rings is 1. The van der Waals surface area contributed by atoms with Crippen molar-refractivity contribution < 1.29 is 9.53 Å². The Bertz CT molecular complexity index is 943. The van der Waals surface area contributed by atoms with E-state index in [2.05, 4.69) is 25.9 Å². The van der Waals surface area contributed by atoms with Gasteiger partial charge in [-0.3, -0.25) is 4.40 Å². The Kier molecular flexibility index (Phi) is 4.50. The molecule has 4 rings (SSSR count). The third-order valence-corrected chi connectivity index (χ3v) is 5.14. The minimum absolute atomic E-state index is 0.125. The fourth-order valence-corrected chi connectivity index (χ4v) is 3.85. The number of nitrogen functional groups attached to an aromatic ring is 1. The van der Waals surface area contributed by atoms with Crippen LogP contribution in [-0.4, -0.2) is 38.5 Å². The van der Waals surface area contributed by atoms with Crippen LogP contribution in [0.5, 0.6) is 0 Å². The van der Waals surface area contributed by atoms with Crippen LogP contribution in [0.2, 0.25) is 0 Å². The lowest BCUT2D eigenvalue weighted by molar-refractivity contribution is 0.104. The SMILES string of the molecule is Nc1nccn2c([C@@H]3CCN(C(=O)OCc4ccccc4)C3)nc(Br)c12. The molecular formula is C18H18BrN5O2. The second-order valence-electron chi connectivity index (χ2n) is 6.26. The molecule has 134 valence electrons. The van der Waals surface area contributed by atoms with Crippen LogP contribution in [0.25, 0.3) is 5.52 Å². The first-order chi connectivity index (χ1) is 12.6. The van der Waals surface area contributed by atoms with Crippen molar-refractivity contribution in [3.63, 3.8) is 0 Å². The van der Waals surface area contributed by atoms with Crippen LogP contribution in [-0.2, 0) is 11.3 Å². The first-order valence-electron chi connectivity index (χ1n) is 8.37. The number of rotatable bonds is 3. The number of nitrogens with zero attached hydrogens (tertiary/aromatic N) is 4. The molecule has 3 heterocycles. The average Bonchev–Trinajstić information content (AvgIpc) is 3.26. The molecule has 8 heteroatoms. The van der Waals surface area contributed by atoms with Gasteiger partial charge in [0.05, 0.1) is 0 Å². The fourth-order valence-electron chi connectivity index (χ4n) is 3.28. The number of fused-ring (bicyclic) bond motifs is 1. The molecule has 1 aliphatic heterocycles. The normalized spacial score (nSPS) is 17.0. The summed E-state index contributed by atoms with van der Waals surface area (Å²) in [4.78, 5) is 22.8. The molecule has 1 fully saturated rings. The molecular weight excluding hydrogens is 398 g/mol. The smallest absolute Gasteiger partial charge is 0.410 e. The van der Waals surface area contributed by atoms with Gasteiger partial charge in [-0.1, -0.05) is 30.3 Å². The van der Waals surface area contributed by atoms with Gasteiger partial charge >= 0.3 is 6.09 Å². The maximum Gasteiger partial charge on any atom is 0.410 e. The summed E-state index contributed by atoms with van der Waals surface area (Å²) in [5, 5.41) is 0. The number of anilines is 1. The molecule has 0 saturated carbocycles. The molecule has 7 nitrogen and oxygen atoms in total. The maximum absolute atomic E-state index is 12.4. The minimum atomic E-state index is -0.294. The molecule has 0 radical (unpaired) electrons. The predicted octanol–water partition coefficient (Wildman–Crippen LogP) is 3.20. The maximum atomic E-state index is 12.4. The Morgan fingerprint density at radius 2 is 2.15 bits per heavy atom. The molecule has 0 aliphatic carbocycles. The van der Waals surface area contributed by atoms with Crippen LogP contribution in [0.4, 0.5) is 10.6 Å². The first-order valence-corrected chi connectivity index (χ1v) is 9.16. The van der Waals surface area contributed by atoms with Crippen LogP contribution in [0.1, 0.15) is 23.7 Å². The molecule has 1 saturated heterocycles. The zero-order valence-electron chi connectivity index (χ0n) is 14.0. The number of aromatic nitrogens is 3. The van der Waals surface area contributed by atoms with Crippen molar-refractivity contribution in [2.75, 3.05) is 18.8 Å². The van der Waals surface area contributed by atoms with E-state index in [1.165, 1.54) is 0 Å². The Morgan fingerprint density at radius 1 is 1.35 bits per heavy atom. The van der Waals surface area contributed by atoms with Crippen LogP contribution in [0, 0.1) is 0 Å². The van der Waals surface area contributed by atoms with E-state index in [1.54, 1.807) is 11.1 Å². The highest BCUT2D eigenvalue weighted by Crippen LogP contribution is 2.31. The number of likely N-dealkylation sites (tertiary alicyclic amines) is 1. The molecule has 0 unspecified atom stereocenters. The molecule has 2 N–H and O–H groups in total. The van der Waals surface area contributed by atoms with Crippen molar-refractivity contribution >= 4 is 33.4 Å². The van der Waals surface area contributed by atoms with Crippen LogP contribution in [0.3, 0.4) is 0 Å². The second-order valence-corrected chi connectivity index (χ2v) is 7.01. The summed E-state index contributed by atoms with van der Waals surface area (Å²) in [5.41, 5.74) is 7.68. The monoisotopic (exact) mass is 415 g/mol. The van der Waals surface area contributed by atoms with E-state index in [1.807, 2.05) is 40.9 Å². The van der Waals surface area contributed by atoms with E-state index in [0.717, 1.165) is 23.3 Å². The van der Waals surface area contributed by atoms with Gasteiger partial charge in [-0.05, 0) is 27.9 Å². The number of halogens is 1. The Balaban J connectivity index is 1.45. The van der Waals surface area contributed by atoms with E-state index in [-0.39, 0.29) is 18.6 Å². The summed E-state index contributed by atoms with van der Waals surface area (Å²) in [6.45, 7) is 1.49. The highest BCUT2D eigenvalue weighted by molar-refractivity contribution is 9.10. The molecule has 26 heavy (non-hydrogen) atoms. The average molecular weight is 416 g/mol. The molecule has 1 aliphatic rings. The van der Waals surface area contributed by atoms with E-state index in [4.69, 9.17) is 10.5 Å². The van der Waals surface area contributed by atoms with Crippen molar-refractivity contribution in [1.82, 2.24) is 19.3 Å². The van der Waals surface area contributed by atoms with Gasteiger partial charge in [0, 0.05) is 31.4 Å². The lowest BCUT2D eigenvalue weighted by Gasteiger charge is -2.16. The minimum Gasteiger partial charge on any atom is -0.445 e. The van der Waals surface area contributed by atoms with Gasteiger partial charge in [-0.25, -0.2) is 14.8 Å². The van der Waals surface area contributed by atoms with Gasteiger partial charge in [0.15, 0.2) is 5.82 Å². The van der Waals surface area contributed by atoms with E-state index in [0.29, 0.717) is 23.5 Å². The summed E-state index contributed by atoms with van der Waals surface area (Å²) < 4.78 is 8.04. The van der Waals surface area contributed by atoms with E-state index in [9.17, 15) is 4.79 Å². The van der Waals surface area contributed by atoms with Crippen LogP contribution < -0.4 is 5.73 Å². The van der Waals surface area contributed by atoms with Crippen molar-refractivity contribution in [3.05, 3.63) is 58.7 Å². The molecule has 2 aromatic heterocycles. The lowest BCUT2D eigenvalue weighted by atomic mass is 10.1. The summed E-state index contributed by atoms with van der Waals surface area (Å²) in [5.74, 6) is 1.43. The zero-order valence-corrected chi connectivity index (χ0v) is 15.6. The highest BCUT2D eigenvalue weighted by atomic mass is 79.9. The quantitative estimate of drug-likeness (QED) is 0.709. The zero-order chi connectivity index (χ0) is 18.1. The summed E-state index contributed by atoms with van der Waals surface area (Å²) in [6, 6.07) is 9.67. The number of ether oxygens (including phenoxy) is 1. The summed E-state index contributed by atoms with van der Waals surface area (Å²) in [6.07, 6.45) is 4.03. The highest BCUT2D eigenvalue weighted by Gasteiger charge is 2.31. The topological polar surface area (TPSA) is 85.8 Å². The lowest BCUT2D eigenvalue weighted by Crippen LogP contribution is -2.29. The van der Waals surface area contributed by atoms with Crippen LogP contribution in [0.15, 0.2) is 47.3 Å². The van der Waals surface area contributed by atoms with E-state index < -0.39 is 0 Å². The number of amides is 1. The summed E-state index contributed by atoms with van der Waals surface area (Å²) >= 11 is 3.45. The first kappa shape index (κ1) is 16.8. The van der Waals surface area contributed by atoms with Gasteiger partial charge in [0.1, 0.15) is 22.6 Å². The molecule has 1 aromatic carbocycles. The predicted molar refractivity (Wildman–Crippen MR) is 101 cm³/mol. The van der Waals surface area contributed by atoms with E-state index >= 15 is 0 Å². The van der Waals surface area contributed by atoms with Gasteiger partial charge < -0.3 is 15.4 Å². The molecule has 3 aromatic rings. The van der Waals surface area contributed by atoms with Gasteiger partial charge in [-0.2, -0.15) is 0 Å². The largest absolute Gasteiger partial charge is 0.445 e. The molecule has 0 spiro atoms. The second kappa shape index (κ2) is 6.95. The Labute approximate surface area is 158 Å². The van der Waals surface area contributed by atoms with Gasteiger partial charge in [-0.15, -0.1) is 0 Å². The molecule has 0 bridgehead atoms. The molecule has 1 atom stereocenters. The van der Waals surface area contributed by atoms with Crippen LogP contribution >= 0.6 is 15.9 Å². The third-order valence-electron chi connectivity index (χ3n) is 4.58. The number of carbonyl (C=O) groups excluding carboxylic acids is 1. The van der Waals surface area contributed by atoms with Gasteiger partial charge in [0.2, 0.25) is 0 Å².